The standard InChI is InChI=1S/C10H5F3N2O4S/c1-19-9(16)6-3-8(20-10(11,12)13)5(4-14)2-7(6)15(17)18/h2-3H,1H3. The van der Waals surface area contributed by atoms with Gasteiger partial charge in [0.05, 0.1) is 17.6 Å². The van der Waals surface area contributed by atoms with Gasteiger partial charge in [-0.15, -0.1) is 0 Å². The van der Waals surface area contributed by atoms with E-state index in [4.69, 9.17) is 5.26 Å². The van der Waals surface area contributed by atoms with E-state index in [1.807, 2.05) is 0 Å². The Morgan fingerprint density at radius 3 is 2.50 bits per heavy atom. The lowest BCUT2D eigenvalue weighted by Gasteiger charge is -2.09. The average molecular weight is 306 g/mol. The van der Waals surface area contributed by atoms with Gasteiger partial charge in [-0.3, -0.25) is 10.1 Å². The Morgan fingerprint density at radius 2 is 2.10 bits per heavy atom. The van der Waals surface area contributed by atoms with Crippen molar-refractivity contribution in [2.24, 2.45) is 0 Å². The van der Waals surface area contributed by atoms with Gasteiger partial charge in [-0.1, -0.05) is 0 Å². The summed E-state index contributed by atoms with van der Waals surface area (Å²) < 4.78 is 41.3. The van der Waals surface area contributed by atoms with Gasteiger partial charge < -0.3 is 4.74 Å². The Bertz CT molecular complexity index is 610. The van der Waals surface area contributed by atoms with Crippen LogP contribution in [0.3, 0.4) is 0 Å². The maximum absolute atomic E-state index is 12.3. The molecule has 0 saturated heterocycles. The van der Waals surface area contributed by atoms with Crippen molar-refractivity contribution in [3.8, 4) is 6.07 Å². The molecule has 0 aromatic heterocycles. The van der Waals surface area contributed by atoms with E-state index in [-0.39, 0.29) is 0 Å². The maximum atomic E-state index is 12.3. The number of nitrogens with zero attached hydrogens (tertiary/aromatic N) is 2. The molecule has 0 bridgehead atoms. The number of benzene rings is 1. The van der Waals surface area contributed by atoms with Crippen LogP contribution >= 0.6 is 11.8 Å². The molecule has 0 atom stereocenters. The van der Waals surface area contributed by atoms with Crippen LogP contribution in [-0.4, -0.2) is 23.5 Å². The van der Waals surface area contributed by atoms with Gasteiger partial charge in [-0.2, -0.15) is 18.4 Å². The smallest absolute Gasteiger partial charge is 0.446 e. The molecule has 0 aliphatic carbocycles. The first-order valence-electron chi connectivity index (χ1n) is 4.76. The van der Waals surface area contributed by atoms with Crippen LogP contribution in [0.2, 0.25) is 0 Å². The van der Waals surface area contributed by atoms with Crippen molar-refractivity contribution in [3.05, 3.63) is 33.4 Å². The van der Waals surface area contributed by atoms with Crippen molar-refractivity contribution >= 4 is 23.4 Å². The summed E-state index contributed by atoms with van der Waals surface area (Å²) in [5, 5.41) is 19.5. The highest BCUT2D eigenvalue weighted by Gasteiger charge is 2.33. The predicted octanol–water partition coefficient (Wildman–Crippen LogP) is 2.86. The first kappa shape index (κ1) is 15.8. The number of carbonyl (C=O) groups is 1. The lowest BCUT2D eigenvalue weighted by Crippen LogP contribution is -2.08. The Labute approximate surface area is 114 Å². The minimum Gasteiger partial charge on any atom is -0.465 e. The van der Waals surface area contributed by atoms with Crippen LogP contribution in [-0.2, 0) is 4.74 Å². The van der Waals surface area contributed by atoms with Gasteiger partial charge in [0.15, 0.2) is 0 Å². The van der Waals surface area contributed by atoms with Gasteiger partial charge >= 0.3 is 11.5 Å². The highest BCUT2D eigenvalue weighted by atomic mass is 32.2. The summed E-state index contributed by atoms with van der Waals surface area (Å²) >= 11 is -0.638. The fraction of sp³-hybridized carbons (Fsp3) is 0.200. The van der Waals surface area contributed by atoms with E-state index in [2.05, 4.69) is 4.74 Å². The first-order chi connectivity index (χ1) is 9.19. The van der Waals surface area contributed by atoms with Gasteiger partial charge in [-0.05, 0) is 17.8 Å². The van der Waals surface area contributed by atoms with Crippen molar-refractivity contribution < 1.29 is 27.6 Å². The second-order valence-corrected chi connectivity index (χ2v) is 4.38. The quantitative estimate of drug-likeness (QED) is 0.369. The molecule has 1 rings (SSSR count). The van der Waals surface area contributed by atoms with Gasteiger partial charge in [0, 0.05) is 11.0 Å². The highest BCUT2D eigenvalue weighted by molar-refractivity contribution is 8.00. The molecule has 0 amide bonds. The van der Waals surface area contributed by atoms with Gasteiger partial charge in [0.2, 0.25) is 0 Å². The fourth-order valence-corrected chi connectivity index (χ4v) is 1.93. The highest BCUT2D eigenvalue weighted by Crippen LogP contribution is 2.40. The van der Waals surface area contributed by atoms with Crippen molar-refractivity contribution in [1.29, 1.82) is 5.26 Å². The Balaban J connectivity index is 3.51. The second-order valence-electron chi connectivity index (χ2n) is 3.27. The van der Waals surface area contributed by atoms with Gasteiger partial charge in [0.1, 0.15) is 11.6 Å². The summed E-state index contributed by atoms with van der Waals surface area (Å²) in [5.74, 6) is -1.16. The van der Waals surface area contributed by atoms with E-state index in [0.717, 1.165) is 7.11 Å². The lowest BCUT2D eigenvalue weighted by molar-refractivity contribution is -0.385. The summed E-state index contributed by atoms with van der Waals surface area (Å²) in [5.41, 5.74) is -6.69. The molecule has 1 aromatic rings. The summed E-state index contributed by atoms with van der Waals surface area (Å²) in [6.07, 6.45) is 0. The molecular formula is C10H5F3N2O4S. The summed E-state index contributed by atoms with van der Waals surface area (Å²) in [6, 6.07) is 2.66. The number of nitro groups is 1. The maximum Gasteiger partial charge on any atom is 0.446 e. The Kier molecular flexibility index (Phi) is 4.57. The number of thioether (sulfide) groups is 1. The number of nitro benzene ring substituents is 1. The molecule has 0 aliphatic rings. The molecule has 10 heteroatoms. The fourth-order valence-electron chi connectivity index (χ4n) is 1.29. The number of carbonyl (C=O) groups excluding carboxylic acids is 1. The zero-order chi connectivity index (χ0) is 15.5. The number of methoxy groups -OCH3 is 1. The minimum absolute atomic E-state index is 0.549. The van der Waals surface area contributed by atoms with Crippen LogP contribution < -0.4 is 0 Å². The number of rotatable bonds is 3. The number of ether oxygens (including phenoxy) is 1. The van der Waals surface area contributed by atoms with Crippen molar-refractivity contribution in [3.63, 3.8) is 0 Å². The molecule has 0 heterocycles. The topological polar surface area (TPSA) is 93.2 Å². The lowest BCUT2D eigenvalue weighted by atomic mass is 10.1. The summed E-state index contributed by atoms with van der Waals surface area (Å²) in [4.78, 5) is 20.5. The normalized spacial score (nSPS) is 10.8. The number of hydrogen-bond acceptors (Lipinski definition) is 6. The number of esters is 1. The van der Waals surface area contributed by atoms with Gasteiger partial charge in [-0.25, -0.2) is 4.79 Å². The molecule has 0 N–H and O–H groups in total. The zero-order valence-electron chi connectivity index (χ0n) is 9.72. The predicted molar refractivity (Wildman–Crippen MR) is 61.1 cm³/mol. The van der Waals surface area contributed by atoms with Crippen molar-refractivity contribution in [1.82, 2.24) is 0 Å². The van der Waals surface area contributed by atoms with E-state index in [0.29, 0.717) is 12.1 Å². The Morgan fingerprint density at radius 1 is 1.50 bits per heavy atom. The van der Waals surface area contributed by atoms with Crippen LogP contribution in [0.4, 0.5) is 18.9 Å². The van der Waals surface area contributed by atoms with E-state index in [9.17, 15) is 28.1 Å². The molecular weight excluding hydrogens is 301 g/mol. The molecule has 0 saturated carbocycles. The molecule has 0 spiro atoms. The molecule has 0 aliphatic heterocycles. The molecule has 1 aromatic carbocycles. The monoisotopic (exact) mass is 306 g/mol. The van der Waals surface area contributed by atoms with E-state index in [1.165, 1.54) is 6.07 Å². The van der Waals surface area contributed by atoms with E-state index >= 15 is 0 Å². The Hall–Kier alpha value is -2.28. The second kappa shape index (κ2) is 5.79. The summed E-state index contributed by atoms with van der Waals surface area (Å²) in [6.45, 7) is 0. The first-order valence-corrected chi connectivity index (χ1v) is 5.58. The van der Waals surface area contributed by atoms with E-state index < -0.39 is 49.9 Å². The third-order valence-electron chi connectivity index (χ3n) is 2.05. The molecule has 0 radical (unpaired) electrons. The largest absolute Gasteiger partial charge is 0.465 e. The third kappa shape index (κ3) is 3.61. The summed E-state index contributed by atoms with van der Waals surface area (Å²) in [7, 11) is 0.931. The van der Waals surface area contributed by atoms with Crippen LogP contribution in [0, 0.1) is 21.4 Å². The van der Waals surface area contributed by atoms with Crippen molar-refractivity contribution in [2.75, 3.05) is 7.11 Å². The number of hydrogen-bond donors (Lipinski definition) is 0. The molecule has 106 valence electrons. The van der Waals surface area contributed by atoms with Crippen molar-refractivity contribution in [2.45, 2.75) is 10.4 Å². The molecule has 6 nitrogen and oxygen atoms in total. The van der Waals surface area contributed by atoms with Crippen LogP contribution in [0.25, 0.3) is 0 Å². The van der Waals surface area contributed by atoms with Crippen LogP contribution in [0.15, 0.2) is 17.0 Å². The molecule has 0 fully saturated rings. The van der Waals surface area contributed by atoms with Crippen LogP contribution in [0.5, 0.6) is 0 Å². The minimum atomic E-state index is -4.70. The zero-order valence-corrected chi connectivity index (χ0v) is 10.5. The van der Waals surface area contributed by atoms with E-state index in [1.54, 1.807) is 0 Å². The third-order valence-corrected chi connectivity index (χ3v) is 2.84. The average Bonchev–Trinajstić information content (AvgIpc) is 2.35. The molecule has 0 unspecified atom stereocenters. The van der Waals surface area contributed by atoms with Crippen LogP contribution in [0.1, 0.15) is 15.9 Å². The number of alkyl halides is 3. The number of halogens is 3. The SMILES string of the molecule is COC(=O)c1cc(SC(F)(F)F)c(C#N)cc1[N+](=O)[O-]. The number of nitriles is 1. The van der Waals surface area contributed by atoms with Gasteiger partial charge in [0.25, 0.3) is 5.69 Å². The molecule has 20 heavy (non-hydrogen) atoms.